The molecule has 1 heterocycles. The fourth-order valence-corrected chi connectivity index (χ4v) is 4.23. The third-order valence-corrected chi connectivity index (χ3v) is 5.65. The highest BCUT2D eigenvalue weighted by atomic mass is 32.2. The number of hydrogen-bond acceptors (Lipinski definition) is 5. The van der Waals surface area contributed by atoms with Gasteiger partial charge in [-0.1, -0.05) is 35.5 Å². The zero-order chi connectivity index (χ0) is 21.7. The van der Waals surface area contributed by atoms with E-state index < -0.39 is 0 Å². The Labute approximate surface area is 181 Å². The summed E-state index contributed by atoms with van der Waals surface area (Å²) in [5.41, 5.74) is 6.30. The van der Waals surface area contributed by atoms with Crippen molar-refractivity contribution in [2.24, 2.45) is 0 Å². The van der Waals surface area contributed by atoms with Gasteiger partial charge < -0.3 is 4.90 Å². The van der Waals surface area contributed by atoms with Crippen LogP contribution in [0.15, 0.2) is 47.9 Å². The van der Waals surface area contributed by atoms with Crippen LogP contribution in [0.2, 0.25) is 0 Å². The lowest BCUT2D eigenvalue weighted by molar-refractivity contribution is -0.116. The van der Waals surface area contributed by atoms with E-state index in [-0.39, 0.29) is 18.1 Å². The van der Waals surface area contributed by atoms with Crippen LogP contribution in [0.25, 0.3) is 5.69 Å². The number of nitriles is 1. The second kappa shape index (κ2) is 9.59. The van der Waals surface area contributed by atoms with E-state index in [0.29, 0.717) is 11.7 Å². The van der Waals surface area contributed by atoms with Crippen LogP contribution in [0, 0.1) is 39.0 Å². The van der Waals surface area contributed by atoms with Gasteiger partial charge in [-0.05, 0) is 62.6 Å². The van der Waals surface area contributed by atoms with Crippen LogP contribution in [-0.2, 0) is 4.79 Å². The Morgan fingerprint density at radius 2 is 1.83 bits per heavy atom. The summed E-state index contributed by atoms with van der Waals surface area (Å²) in [7, 11) is 0. The van der Waals surface area contributed by atoms with Gasteiger partial charge in [0, 0.05) is 12.2 Å². The van der Waals surface area contributed by atoms with Gasteiger partial charge in [0.25, 0.3) is 0 Å². The van der Waals surface area contributed by atoms with Gasteiger partial charge >= 0.3 is 0 Å². The fraction of sp³-hybridized carbons (Fsp3) is 0.304. The Morgan fingerprint density at radius 1 is 1.10 bits per heavy atom. The molecule has 0 saturated heterocycles. The summed E-state index contributed by atoms with van der Waals surface area (Å²) < 4.78 is 1.91. The number of anilines is 1. The Bertz CT molecular complexity index is 1080. The number of hydrogen-bond donors (Lipinski definition) is 0. The van der Waals surface area contributed by atoms with Crippen molar-refractivity contribution in [3.05, 3.63) is 65.0 Å². The Morgan fingerprint density at radius 3 is 2.50 bits per heavy atom. The van der Waals surface area contributed by atoms with Crippen molar-refractivity contribution in [1.29, 1.82) is 5.26 Å². The second-order valence-electron chi connectivity index (χ2n) is 7.36. The molecular formula is C23H25N5OS. The van der Waals surface area contributed by atoms with Gasteiger partial charge in [0.15, 0.2) is 5.16 Å². The van der Waals surface area contributed by atoms with Crippen LogP contribution in [0.1, 0.15) is 28.7 Å². The normalized spacial score (nSPS) is 10.6. The molecule has 0 spiro atoms. The average Bonchev–Trinajstić information content (AvgIpc) is 3.14. The summed E-state index contributed by atoms with van der Waals surface area (Å²) in [5.74, 6) is 0.151. The number of amides is 1. The lowest BCUT2D eigenvalue weighted by Crippen LogP contribution is -2.33. The Balaban J connectivity index is 1.79. The maximum Gasteiger partial charge on any atom is 0.237 e. The molecule has 154 valence electrons. The Hall–Kier alpha value is -3.11. The fourth-order valence-electron chi connectivity index (χ4n) is 3.43. The molecule has 1 aromatic heterocycles. The van der Waals surface area contributed by atoms with E-state index in [0.717, 1.165) is 28.1 Å². The lowest BCUT2D eigenvalue weighted by atomic mass is 10.1. The van der Waals surface area contributed by atoms with Crippen LogP contribution in [-0.4, -0.2) is 33.0 Å². The van der Waals surface area contributed by atoms with Crippen molar-refractivity contribution in [1.82, 2.24) is 14.8 Å². The highest BCUT2D eigenvalue weighted by molar-refractivity contribution is 7.99. The minimum atomic E-state index is -0.0598. The number of thioether (sulfide) groups is 1. The molecule has 6 nitrogen and oxygen atoms in total. The first kappa shape index (κ1) is 21.6. The van der Waals surface area contributed by atoms with E-state index in [9.17, 15) is 4.79 Å². The first-order valence-electron chi connectivity index (χ1n) is 9.75. The molecule has 0 bridgehead atoms. The zero-order valence-electron chi connectivity index (χ0n) is 17.7. The van der Waals surface area contributed by atoms with E-state index in [4.69, 9.17) is 5.26 Å². The number of carbonyl (C=O) groups excluding carboxylic acids is 1. The van der Waals surface area contributed by atoms with E-state index in [1.54, 1.807) is 11.2 Å². The van der Waals surface area contributed by atoms with E-state index in [1.165, 1.54) is 17.3 Å². The molecule has 7 heteroatoms. The van der Waals surface area contributed by atoms with Gasteiger partial charge in [-0.15, -0.1) is 10.2 Å². The standard InChI is InChI=1S/C23H25N5OS/c1-16-6-7-21(19(4)11-16)28-15-25-26-23(28)30-14-22(29)27(9-5-8-24)20-12-17(2)10-18(3)13-20/h6-7,10-13,15H,5,9,14H2,1-4H3. The summed E-state index contributed by atoms with van der Waals surface area (Å²) in [5, 5.41) is 17.9. The Kier molecular flexibility index (Phi) is 6.91. The number of aromatic nitrogens is 3. The molecule has 0 aliphatic heterocycles. The maximum atomic E-state index is 13.1. The third-order valence-electron chi connectivity index (χ3n) is 4.72. The predicted molar refractivity (Wildman–Crippen MR) is 120 cm³/mol. The van der Waals surface area contributed by atoms with E-state index >= 15 is 0 Å². The quantitative estimate of drug-likeness (QED) is 0.526. The van der Waals surface area contributed by atoms with Crippen molar-refractivity contribution in [2.45, 2.75) is 39.3 Å². The molecular weight excluding hydrogens is 394 g/mol. The molecule has 1 amide bonds. The molecule has 0 saturated carbocycles. The van der Waals surface area contributed by atoms with Gasteiger partial charge in [0.1, 0.15) is 6.33 Å². The number of nitrogens with zero attached hydrogens (tertiary/aromatic N) is 5. The van der Waals surface area contributed by atoms with Gasteiger partial charge in [0.2, 0.25) is 5.91 Å². The van der Waals surface area contributed by atoms with Crippen LogP contribution in [0.3, 0.4) is 0 Å². The molecule has 0 N–H and O–H groups in total. The minimum Gasteiger partial charge on any atom is -0.311 e. The minimum absolute atomic E-state index is 0.0598. The average molecular weight is 420 g/mol. The molecule has 3 aromatic rings. The van der Waals surface area contributed by atoms with Crippen molar-refractivity contribution in [2.75, 3.05) is 17.2 Å². The largest absolute Gasteiger partial charge is 0.311 e. The van der Waals surface area contributed by atoms with Crippen LogP contribution < -0.4 is 4.90 Å². The molecule has 0 unspecified atom stereocenters. The summed E-state index contributed by atoms with van der Waals surface area (Å²) in [6.45, 7) is 8.48. The van der Waals surface area contributed by atoms with Gasteiger partial charge in [-0.3, -0.25) is 9.36 Å². The van der Waals surface area contributed by atoms with Crippen LogP contribution >= 0.6 is 11.8 Å². The summed E-state index contributed by atoms with van der Waals surface area (Å²) in [6.07, 6.45) is 1.95. The highest BCUT2D eigenvalue weighted by Gasteiger charge is 2.18. The number of rotatable bonds is 7. The third kappa shape index (κ3) is 5.08. The SMILES string of the molecule is Cc1cc(C)cc(N(CCC#N)C(=O)CSc2nncn2-c2ccc(C)cc2C)c1. The van der Waals surface area contributed by atoms with Gasteiger partial charge in [-0.25, -0.2) is 0 Å². The first-order chi connectivity index (χ1) is 14.4. The van der Waals surface area contributed by atoms with Crippen LogP contribution in [0.5, 0.6) is 0 Å². The van der Waals surface area contributed by atoms with E-state index in [2.05, 4.69) is 35.3 Å². The highest BCUT2D eigenvalue weighted by Crippen LogP contribution is 2.25. The predicted octanol–water partition coefficient (Wildman–Crippen LogP) is 4.54. The molecule has 0 radical (unpaired) electrons. The number of carbonyl (C=O) groups is 1. The molecule has 2 aromatic carbocycles. The first-order valence-corrected chi connectivity index (χ1v) is 10.7. The monoisotopic (exact) mass is 419 g/mol. The van der Waals surface area contributed by atoms with E-state index in [1.807, 2.05) is 49.6 Å². The molecule has 3 rings (SSSR count). The van der Waals surface area contributed by atoms with Crippen molar-refractivity contribution >= 4 is 23.4 Å². The number of aryl methyl sites for hydroxylation is 4. The molecule has 0 fully saturated rings. The van der Waals surface area contributed by atoms with Crippen LogP contribution in [0.4, 0.5) is 5.69 Å². The lowest BCUT2D eigenvalue weighted by Gasteiger charge is -2.22. The van der Waals surface area contributed by atoms with Crippen molar-refractivity contribution < 1.29 is 4.79 Å². The molecule has 0 atom stereocenters. The summed E-state index contributed by atoms with van der Waals surface area (Å²) in [4.78, 5) is 14.8. The van der Waals surface area contributed by atoms with Gasteiger partial charge in [0.05, 0.1) is 23.9 Å². The summed E-state index contributed by atoms with van der Waals surface area (Å²) in [6, 6.07) is 14.4. The molecule has 0 aliphatic rings. The molecule has 0 aliphatic carbocycles. The smallest absolute Gasteiger partial charge is 0.237 e. The van der Waals surface area contributed by atoms with Crippen molar-refractivity contribution in [3.63, 3.8) is 0 Å². The summed E-state index contributed by atoms with van der Waals surface area (Å²) >= 11 is 1.35. The topological polar surface area (TPSA) is 74.8 Å². The molecule has 30 heavy (non-hydrogen) atoms. The zero-order valence-corrected chi connectivity index (χ0v) is 18.5. The number of benzene rings is 2. The van der Waals surface area contributed by atoms with Crippen molar-refractivity contribution in [3.8, 4) is 11.8 Å². The maximum absolute atomic E-state index is 13.1. The second-order valence-corrected chi connectivity index (χ2v) is 8.30. The van der Waals surface area contributed by atoms with Gasteiger partial charge in [-0.2, -0.15) is 5.26 Å².